The first-order valence-corrected chi connectivity index (χ1v) is 5.82. The number of aryl methyl sites for hydroxylation is 1. The molecule has 0 bridgehead atoms. The zero-order valence-corrected chi connectivity index (χ0v) is 9.36. The van der Waals surface area contributed by atoms with E-state index in [-0.39, 0.29) is 11.7 Å². The number of halogens is 1. The molecule has 1 aliphatic rings. The van der Waals surface area contributed by atoms with Crippen molar-refractivity contribution in [1.82, 2.24) is 0 Å². The van der Waals surface area contributed by atoms with Gasteiger partial charge in [-0.05, 0) is 42.2 Å². The van der Waals surface area contributed by atoms with Crippen LogP contribution in [0.15, 0.2) is 42.5 Å². The fourth-order valence-corrected chi connectivity index (χ4v) is 2.68. The normalized spacial score (nSPS) is 18.1. The van der Waals surface area contributed by atoms with E-state index in [0.717, 1.165) is 24.0 Å². The summed E-state index contributed by atoms with van der Waals surface area (Å²) in [6.45, 7) is 0. The van der Waals surface area contributed by atoms with Gasteiger partial charge in [0.15, 0.2) is 0 Å². The molecule has 86 valence electrons. The zero-order valence-electron chi connectivity index (χ0n) is 9.36. The molecule has 0 radical (unpaired) electrons. The molecule has 0 fully saturated rings. The van der Waals surface area contributed by atoms with Crippen molar-refractivity contribution in [1.29, 1.82) is 0 Å². The van der Waals surface area contributed by atoms with E-state index < -0.39 is 0 Å². The second-order valence-corrected chi connectivity index (χ2v) is 4.49. The predicted octanol–water partition coefficient (Wildman–Crippen LogP) is 3.61. The quantitative estimate of drug-likeness (QED) is 0.790. The third-order valence-corrected chi connectivity index (χ3v) is 3.50. The van der Waals surface area contributed by atoms with Gasteiger partial charge in [-0.2, -0.15) is 0 Å². The van der Waals surface area contributed by atoms with Crippen molar-refractivity contribution in [2.24, 2.45) is 0 Å². The third-order valence-electron chi connectivity index (χ3n) is 3.50. The van der Waals surface area contributed by atoms with Crippen molar-refractivity contribution >= 4 is 0 Å². The summed E-state index contributed by atoms with van der Waals surface area (Å²) in [6, 6.07) is 12.3. The van der Waals surface area contributed by atoms with Crippen LogP contribution in [0.4, 0.5) is 4.39 Å². The minimum atomic E-state index is -0.203. The Labute approximate surface area is 99.5 Å². The summed E-state index contributed by atoms with van der Waals surface area (Å²) in [5.41, 5.74) is 3.11. The summed E-state index contributed by atoms with van der Waals surface area (Å²) >= 11 is 0. The van der Waals surface area contributed by atoms with Crippen LogP contribution in [0.2, 0.25) is 0 Å². The van der Waals surface area contributed by atoms with E-state index in [2.05, 4.69) is 0 Å². The molecule has 17 heavy (non-hydrogen) atoms. The molecule has 3 rings (SSSR count). The van der Waals surface area contributed by atoms with Crippen LogP contribution in [-0.2, 0) is 6.42 Å². The van der Waals surface area contributed by atoms with Gasteiger partial charge >= 0.3 is 0 Å². The highest BCUT2D eigenvalue weighted by Crippen LogP contribution is 2.41. The van der Waals surface area contributed by atoms with Crippen molar-refractivity contribution < 1.29 is 9.50 Å². The van der Waals surface area contributed by atoms with Gasteiger partial charge in [0.05, 0.1) is 0 Å². The van der Waals surface area contributed by atoms with Crippen LogP contribution in [0, 0.1) is 5.82 Å². The van der Waals surface area contributed by atoms with Crippen molar-refractivity contribution in [3.63, 3.8) is 0 Å². The predicted molar refractivity (Wildman–Crippen MR) is 64.7 cm³/mol. The summed E-state index contributed by atoms with van der Waals surface area (Å²) in [7, 11) is 0. The number of hydrogen-bond donors (Lipinski definition) is 1. The van der Waals surface area contributed by atoms with Gasteiger partial charge in [-0.1, -0.05) is 24.3 Å². The molecule has 2 aromatic carbocycles. The van der Waals surface area contributed by atoms with Gasteiger partial charge in [0.25, 0.3) is 0 Å². The van der Waals surface area contributed by atoms with Gasteiger partial charge in [-0.15, -0.1) is 0 Å². The number of phenols is 1. The number of phenolic OH excluding ortho intramolecular Hbond substituents is 1. The average molecular weight is 228 g/mol. The number of aromatic hydroxyl groups is 1. The molecule has 0 amide bonds. The second-order valence-electron chi connectivity index (χ2n) is 4.49. The van der Waals surface area contributed by atoms with E-state index in [1.54, 1.807) is 18.2 Å². The van der Waals surface area contributed by atoms with E-state index >= 15 is 0 Å². The Morgan fingerprint density at radius 1 is 1.06 bits per heavy atom. The molecule has 2 heteroatoms. The monoisotopic (exact) mass is 228 g/mol. The van der Waals surface area contributed by atoms with Crippen LogP contribution in [-0.4, -0.2) is 5.11 Å². The average Bonchev–Trinajstić information content (AvgIpc) is 2.72. The lowest BCUT2D eigenvalue weighted by Gasteiger charge is -2.13. The fraction of sp³-hybridized carbons (Fsp3) is 0.200. The number of benzene rings is 2. The fourth-order valence-electron chi connectivity index (χ4n) is 2.68. The Hall–Kier alpha value is -1.83. The molecule has 1 aliphatic carbocycles. The Bertz CT molecular complexity index is 563. The van der Waals surface area contributed by atoms with Gasteiger partial charge in [0, 0.05) is 11.5 Å². The lowest BCUT2D eigenvalue weighted by molar-refractivity contribution is 0.464. The molecule has 0 spiro atoms. The first-order chi connectivity index (χ1) is 8.25. The van der Waals surface area contributed by atoms with Crippen molar-refractivity contribution in [2.45, 2.75) is 18.8 Å². The number of hydrogen-bond acceptors (Lipinski definition) is 1. The van der Waals surface area contributed by atoms with Gasteiger partial charge in [0.1, 0.15) is 11.6 Å². The molecule has 0 saturated heterocycles. The molecule has 0 saturated carbocycles. The lowest BCUT2D eigenvalue weighted by Crippen LogP contribution is -1.97. The maximum Gasteiger partial charge on any atom is 0.123 e. The second kappa shape index (κ2) is 3.88. The zero-order chi connectivity index (χ0) is 11.8. The first-order valence-electron chi connectivity index (χ1n) is 5.82. The molecule has 1 unspecified atom stereocenters. The van der Waals surface area contributed by atoms with E-state index in [1.165, 1.54) is 11.6 Å². The summed E-state index contributed by atoms with van der Waals surface area (Å²) in [4.78, 5) is 0. The molecule has 1 atom stereocenters. The summed E-state index contributed by atoms with van der Waals surface area (Å²) in [5, 5.41) is 9.87. The molecule has 0 aliphatic heterocycles. The summed E-state index contributed by atoms with van der Waals surface area (Å²) in [6.07, 6.45) is 1.89. The Kier molecular flexibility index (Phi) is 2.36. The van der Waals surface area contributed by atoms with E-state index in [4.69, 9.17) is 0 Å². The highest BCUT2D eigenvalue weighted by Gasteiger charge is 2.25. The molecule has 2 aromatic rings. The number of fused-ring (bicyclic) bond motifs is 1. The minimum Gasteiger partial charge on any atom is -0.508 e. The summed E-state index contributed by atoms with van der Waals surface area (Å²) < 4.78 is 13.3. The molecular formula is C15H13FO. The molecule has 1 nitrogen and oxygen atoms in total. The van der Waals surface area contributed by atoms with Crippen LogP contribution in [0.25, 0.3) is 0 Å². The van der Waals surface area contributed by atoms with Crippen LogP contribution >= 0.6 is 0 Å². The Morgan fingerprint density at radius 2 is 1.88 bits per heavy atom. The third kappa shape index (κ3) is 1.70. The van der Waals surface area contributed by atoms with Crippen LogP contribution in [0.3, 0.4) is 0 Å². The topological polar surface area (TPSA) is 20.2 Å². The molecule has 0 heterocycles. The van der Waals surface area contributed by atoms with Crippen molar-refractivity contribution in [3.05, 3.63) is 65.0 Å². The number of rotatable bonds is 1. The van der Waals surface area contributed by atoms with Gasteiger partial charge in [-0.3, -0.25) is 0 Å². The maximum absolute atomic E-state index is 13.3. The highest BCUT2D eigenvalue weighted by atomic mass is 19.1. The van der Waals surface area contributed by atoms with Gasteiger partial charge in [-0.25, -0.2) is 4.39 Å². The standard InChI is InChI=1S/C15H13FO/c16-11-7-5-10-6-8-12(14(10)9-11)13-3-1-2-4-15(13)17/h1-5,7,9,12,17H,6,8H2. The smallest absolute Gasteiger partial charge is 0.123 e. The first kappa shape index (κ1) is 10.3. The van der Waals surface area contributed by atoms with Crippen molar-refractivity contribution in [3.8, 4) is 5.75 Å². The van der Waals surface area contributed by atoms with E-state index in [1.807, 2.05) is 18.2 Å². The van der Waals surface area contributed by atoms with E-state index in [0.29, 0.717) is 5.75 Å². The SMILES string of the molecule is Oc1ccccc1C1CCc2ccc(F)cc21. The Balaban J connectivity index is 2.10. The van der Waals surface area contributed by atoms with E-state index in [9.17, 15) is 9.50 Å². The van der Waals surface area contributed by atoms with Gasteiger partial charge < -0.3 is 5.11 Å². The lowest BCUT2D eigenvalue weighted by atomic mass is 9.92. The molecule has 1 N–H and O–H groups in total. The number of para-hydroxylation sites is 1. The molecule has 0 aromatic heterocycles. The van der Waals surface area contributed by atoms with Gasteiger partial charge in [0.2, 0.25) is 0 Å². The summed E-state index contributed by atoms with van der Waals surface area (Å²) in [5.74, 6) is 0.225. The van der Waals surface area contributed by atoms with Crippen molar-refractivity contribution in [2.75, 3.05) is 0 Å². The van der Waals surface area contributed by atoms with Crippen LogP contribution < -0.4 is 0 Å². The van der Waals surface area contributed by atoms with Crippen LogP contribution in [0.1, 0.15) is 29.0 Å². The van der Waals surface area contributed by atoms with Crippen LogP contribution in [0.5, 0.6) is 5.75 Å². The minimum absolute atomic E-state index is 0.127. The highest BCUT2D eigenvalue weighted by molar-refractivity contribution is 5.46. The Morgan fingerprint density at radius 3 is 2.71 bits per heavy atom. The molecular weight excluding hydrogens is 215 g/mol. The maximum atomic E-state index is 13.3. The largest absolute Gasteiger partial charge is 0.508 e.